The molecule has 1 aliphatic heterocycles. The monoisotopic (exact) mass is 142 g/mol. The molecule has 1 heterocycles. The van der Waals surface area contributed by atoms with Crippen LogP contribution in [0.4, 0.5) is 0 Å². The Morgan fingerprint density at radius 2 is 2.10 bits per heavy atom. The topological polar surface area (TPSA) is 15.3 Å². The molecule has 0 aliphatic carbocycles. The third-order valence-corrected chi connectivity index (χ3v) is 2.61. The fourth-order valence-electron chi connectivity index (χ4n) is 1.45. The summed E-state index contributed by atoms with van der Waals surface area (Å²) in [7, 11) is 2.20. The molecule has 0 aromatic heterocycles. The summed E-state index contributed by atoms with van der Waals surface area (Å²) in [5, 5.41) is 3.41. The molecule has 0 amide bonds. The third kappa shape index (κ3) is 1.32. The maximum atomic E-state index is 3.41. The normalized spacial score (nSPS) is 34.2. The minimum atomic E-state index is 0.331. The van der Waals surface area contributed by atoms with E-state index in [4.69, 9.17) is 0 Å². The molecule has 2 heteroatoms. The molecule has 1 unspecified atom stereocenters. The SMILES string of the molecule is CC1CNCC(C)(C)N1C. The van der Waals surface area contributed by atoms with Crippen molar-refractivity contribution in [2.45, 2.75) is 32.4 Å². The van der Waals surface area contributed by atoms with Gasteiger partial charge in [-0.1, -0.05) is 0 Å². The largest absolute Gasteiger partial charge is 0.313 e. The predicted octanol–water partition coefficient (Wildman–Crippen LogP) is 0.688. The van der Waals surface area contributed by atoms with Gasteiger partial charge in [0, 0.05) is 24.7 Å². The highest BCUT2D eigenvalue weighted by Gasteiger charge is 2.30. The smallest absolute Gasteiger partial charge is 0.0277 e. The molecule has 2 nitrogen and oxygen atoms in total. The molecule has 1 rings (SSSR count). The molecular formula is C8H18N2. The van der Waals surface area contributed by atoms with Crippen molar-refractivity contribution in [2.75, 3.05) is 20.1 Å². The zero-order chi connectivity index (χ0) is 7.78. The van der Waals surface area contributed by atoms with Gasteiger partial charge in [0.1, 0.15) is 0 Å². The van der Waals surface area contributed by atoms with Crippen molar-refractivity contribution in [3.05, 3.63) is 0 Å². The van der Waals surface area contributed by atoms with E-state index < -0.39 is 0 Å². The summed E-state index contributed by atoms with van der Waals surface area (Å²) in [5.41, 5.74) is 0.331. The van der Waals surface area contributed by atoms with Crippen molar-refractivity contribution in [1.82, 2.24) is 10.2 Å². The first kappa shape index (κ1) is 8.02. The number of rotatable bonds is 0. The minimum absolute atomic E-state index is 0.331. The van der Waals surface area contributed by atoms with Crippen LogP contribution in [-0.4, -0.2) is 36.6 Å². The Kier molecular flexibility index (Phi) is 2.02. The maximum absolute atomic E-state index is 3.41. The lowest BCUT2D eigenvalue weighted by molar-refractivity contribution is 0.0746. The van der Waals surface area contributed by atoms with Crippen molar-refractivity contribution in [2.24, 2.45) is 0 Å². The van der Waals surface area contributed by atoms with E-state index in [2.05, 4.69) is 38.0 Å². The summed E-state index contributed by atoms with van der Waals surface area (Å²) in [5.74, 6) is 0. The fourth-order valence-corrected chi connectivity index (χ4v) is 1.45. The van der Waals surface area contributed by atoms with Crippen LogP contribution in [0.15, 0.2) is 0 Å². The van der Waals surface area contributed by atoms with Gasteiger partial charge in [-0.2, -0.15) is 0 Å². The molecule has 1 fully saturated rings. The van der Waals surface area contributed by atoms with Gasteiger partial charge >= 0.3 is 0 Å². The van der Waals surface area contributed by atoms with E-state index in [1.165, 1.54) is 0 Å². The number of nitrogens with one attached hydrogen (secondary N) is 1. The van der Waals surface area contributed by atoms with Gasteiger partial charge in [0.2, 0.25) is 0 Å². The van der Waals surface area contributed by atoms with Gasteiger partial charge < -0.3 is 5.32 Å². The van der Waals surface area contributed by atoms with Crippen molar-refractivity contribution < 1.29 is 0 Å². The van der Waals surface area contributed by atoms with Gasteiger partial charge in [0.25, 0.3) is 0 Å². The predicted molar refractivity (Wildman–Crippen MR) is 44.2 cm³/mol. The molecule has 1 N–H and O–H groups in total. The van der Waals surface area contributed by atoms with E-state index in [1.54, 1.807) is 0 Å². The summed E-state index contributed by atoms with van der Waals surface area (Å²) >= 11 is 0. The lowest BCUT2D eigenvalue weighted by Crippen LogP contribution is -2.60. The van der Waals surface area contributed by atoms with Crippen molar-refractivity contribution in [3.63, 3.8) is 0 Å². The number of likely N-dealkylation sites (N-methyl/N-ethyl adjacent to an activating group) is 1. The highest BCUT2D eigenvalue weighted by molar-refractivity contribution is 4.89. The van der Waals surface area contributed by atoms with Crippen LogP contribution >= 0.6 is 0 Å². The van der Waals surface area contributed by atoms with Crippen molar-refractivity contribution >= 4 is 0 Å². The Morgan fingerprint density at radius 3 is 2.50 bits per heavy atom. The second-order valence-corrected chi connectivity index (χ2v) is 3.90. The Morgan fingerprint density at radius 1 is 1.50 bits per heavy atom. The van der Waals surface area contributed by atoms with Gasteiger partial charge in [0.15, 0.2) is 0 Å². The molecule has 10 heavy (non-hydrogen) atoms. The third-order valence-electron chi connectivity index (χ3n) is 2.61. The molecule has 0 saturated carbocycles. The lowest BCUT2D eigenvalue weighted by Gasteiger charge is -2.44. The summed E-state index contributed by atoms with van der Waals surface area (Å²) in [6.45, 7) is 9.03. The quantitative estimate of drug-likeness (QED) is 0.535. The Hall–Kier alpha value is -0.0800. The maximum Gasteiger partial charge on any atom is 0.0277 e. The first-order valence-corrected chi connectivity index (χ1v) is 3.98. The van der Waals surface area contributed by atoms with E-state index in [0.717, 1.165) is 13.1 Å². The molecule has 1 aliphatic rings. The molecule has 0 radical (unpaired) electrons. The van der Waals surface area contributed by atoms with Crippen LogP contribution in [-0.2, 0) is 0 Å². The molecule has 60 valence electrons. The van der Waals surface area contributed by atoms with Crippen LogP contribution in [0.2, 0.25) is 0 Å². The summed E-state index contributed by atoms with van der Waals surface area (Å²) in [4.78, 5) is 2.43. The van der Waals surface area contributed by atoms with Gasteiger partial charge in [-0.3, -0.25) is 4.90 Å². The Labute approximate surface area is 63.6 Å². The molecule has 1 saturated heterocycles. The van der Waals surface area contributed by atoms with E-state index in [0.29, 0.717) is 11.6 Å². The van der Waals surface area contributed by atoms with Crippen molar-refractivity contribution in [3.8, 4) is 0 Å². The van der Waals surface area contributed by atoms with Gasteiger partial charge in [0.05, 0.1) is 0 Å². The highest BCUT2D eigenvalue weighted by atomic mass is 15.3. The second kappa shape index (κ2) is 2.51. The van der Waals surface area contributed by atoms with E-state index in [-0.39, 0.29) is 0 Å². The minimum Gasteiger partial charge on any atom is -0.313 e. The zero-order valence-electron chi connectivity index (χ0n) is 7.44. The lowest BCUT2D eigenvalue weighted by atomic mass is 9.98. The summed E-state index contributed by atoms with van der Waals surface area (Å²) in [6.07, 6.45) is 0. The molecular weight excluding hydrogens is 124 g/mol. The number of hydrogen-bond acceptors (Lipinski definition) is 2. The van der Waals surface area contributed by atoms with Gasteiger partial charge in [-0.05, 0) is 27.8 Å². The summed E-state index contributed by atoms with van der Waals surface area (Å²) < 4.78 is 0. The molecule has 1 atom stereocenters. The van der Waals surface area contributed by atoms with Crippen LogP contribution in [0.3, 0.4) is 0 Å². The average Bonchev–Trinajstić information content (AvgIpc) is 1.83. The van der Waals surface area contributed by atoms with E-state index in [9.17, 15) is 0 Å². The zero-order valence-corrected chi connectivity index (χ0v) is 7.44. The molecule has 0 bridgehead atoms. The van der Waals surface area contributed by atoms with Crippen LogP contribution in [0.5, 0.6) is 0 Å². The molecule has 0 aromatic rings. The summed E-state index contributed by atoms with van der Waals surface area (Å²) in [6, 6.07) is 0.670. The van der Waals surface area contributed by atoms with Crippen LogP contribution in [0, 0.1) is 0 Å². The number of hydrogen-bond donors (Lipinski definition) is 1. The van der Waals surface area contributed by atoms with E-state index in [1.807, 2.05) is 0 Å². The number of piperazine rings is 1. The molecule has 0 aromatic carbocycles. The van der Waals surface area contributed by atoms with Gasteiger partial charge in [-0.25, -0.2) is 0 Å². The highest BCUT2D eigenvalue weighted by Crippen LogP contribution is 2.17. The van der Waals surface area contributed by atoms with Crippen LogP contribution < -0.4 is 5.32 Å². The second-order valence-electron chi connectivity index (χ2n) is 3.90. The van der Waals surface area contributed by atoms with Crippen molar-refractivity contribution in [1.29, 1.82) is 0 Å². The molecule has 0 spiro atoms. The first-order valence-electron chi connectivity index (χ1n) is 3.98. The average molecular weight is 142 g/mol. The Bertz CT molecular complexity index is 120. The van der Waals surface area contributed by atoms with E-state index >= 15 is 0 Å². The Balaban J connectivity index is 2.60. The van der Waals surface area contributed by atoms with Crippen LogP contribution in [0.25, 0.3) is 0 Å². The van der Waals surface area contributed by atoms with Crippen LogP contribution in [0.1, 0.15) is 20.8 Å². The number of nitrogens with zero attached hydrogens (tertiary/aromatic N) is 1. The first-order chi connectivity index (χ1) is 4.54. The van der Waals surface area contributed by atoms with Gasteiger partial charge in [-0.15, -0.1) is 0 Å². The standard InChI is InChI=1S/C8H18N2/c1-7-5-9-6-8(2,3)10(7)4/h7,9H,5-6H2,1-4H3. The fraction of sp³-hybridized carbons (Fsp3) is 1.00.